The van der Waals surface area contributed by atoms with E-state index in [1.54, 1.807) is 17.5 Å². The number of methoxy groups -OCH3 is 1. The van der Waals surface area contributed by atoms with Crippen molar-refractivity contribution < 1.29 is 9.53 Å². The fourth-order valence-corrected chi connectivity index (χ4v) is 2.77. The highest BCUT2D eigenvalue weighted by Gasteiger charge is 2.30. The van der Waals surface area contributed by atoms with Crippen LogP contribution in [-0.2, 0) is 9.53 Å². The highest BCUT2D eigenvalue weighted by Crippen LogP contribution is 2.32. The van der Waals surface area contributed by atoms with Gasteiger partial charge < -0.3 is 9.64 Å². The van der Waals surface area contributed by atoms with Gasteiger partial charge in [-0.05, 0) is 15.9 Å². The van der Waals surface area contributed by atoms with Crippen molar-refractivity contribution in [1.29, 1.82) is 0 Å². The van der Waals surface area contributed by atoms with E-state index < -0.39 is 0 Å². The molecule has 1 aromatic heterocycles. The van der Waals surface area contributed by atoms with Crippen LogP contribution in [0.25, 0.3) is 0 Å². The summed E-state index contributed by atoms with van der Waals surface area (Å²) in [6.45, 7) is 1.80. The average molecular weight is 291 g/mol. The van der Waals surface area contributed by atoms with Crippen LogP contribution in [0.5, 0.6) is 0 Å². The van der Waals surface area contributed by atoms with E-state index in [2.05, 4.69) is 30.6 Å². The second-order valence-electron chi connectivity index (χ2n) is 3.50. The number of hydrogen-bond donors (Lipinski definition) is 0. The normalized spacial score (nSPS) is 16.3. The van der Waals surface area contributed by atoms with Crippen molar-refractivity contribution in [2.75, 3.05) is 25.1 Å². The van der Waals surface area contributed by atoms with Gasteiger partial charge in [-0.2, -0.15) is 0 Å². The minimum atomic E-state index is -0.125. The monoisotopic (exact) mass is 290 g/mol. The van der Waals surface area contributed by atoms with E-state index in [-0.39, 0.29) is 5.97 Å². The van der Waals surface area contributed by atoms with E-state index in [0.717, 1.165) is 22.0 Å². The van der Waals surface area contributed by atoms with Crippen LogP contribution in [0.3, 0.4) is 0 Å². The van der Waals surface area contributed by atoms with E-state index in [4.69, 9.17) is 0 Å². The second-order valence-corrected chi connectivity index (χ2v) is 5.89. The zero-order valence-electron chi connectivity index (χ0n) is 8.27. The smallest absolute Gasteiger partial charge is 0.305 e. The molecule has 1 aliphatic rings. The van der Waals surface area contributed by atoms with E-state index in [1.165, 1.54) is 7.11 Å². The van der Waals surface area contributed by atoms with Crippen molar-refractivity contribution in [2.45, 2.75) is 6.42 Å². The third-order valence-corrected chi connectivity index (χ3v) is 3.91. The molecule has 0 amide bonds. The lowest BCUT2D eigenvalue weighted by atomic mass is 9.97. The van der Waals surface area contributed by atoms with Crippen molar-refractivity contribution >= 4 is 38.4 Å². The van der Waals surface area contributed by atoms with Gasteiger partial charge in [-0.1, -0.05) is 11.3 Å². The lowest BCUT2D eigenvalue weighted by molar-refractivity contribution is -0.141. The molecule has 15 heavy (non-hydrogen) atoms. The van der Waals surface area contributed by atoms with Gasteiger partial charge in [0.1, 0.15) is 0 Å². The predicted molar refractivity (Wildman–Crippen MR) is 62.2 cm³/mol. The van der Waals surface area contributed by atoms with Crippen LogP contribution < -0.4 is 4.90 Å². The van der Waals surface area contributed by atoms with Crippen LogP contribution in [0.2, 0.25) is 0 Å². The summed E-state index contributed by atoms with van der Waals surface area (Å²) in [5, 5.41) is 1.02. The molecule has 6 heteroatoms. The number of aromatic nitrogens is 1. The van der Waals surface area contributed by atoms with Gasteiger partial charge in [0.15, 0.2) is 5.13 Å². The molecule has 0 aromatic carbocycles. The maximum Gasteiger partial charge on any atom is 0.305 e. The van der Waals surface area contributed by atoms with Crippen molar-refractivity contribution in [3.63, 3.8) is 0 Å². The van der Waals surface area contributed by atoms with Crippen LogP contribution >= 0.6 is 27.3 Å². The molecule has 82 valence electrons. The summed E-state index contributed by atoms with van der Waals surface area (Å²) >= 11 is 4.99. The number of esters is 1. The van der Waals surface area contributed by atoms with E-state index >= 15 is 0 Å². The van der Waals surface area contributed by atoms with Crippen LogP contribution in [0.1, 0.15) is 6.42 Å². The molecule has 0 atom stereocenters. The summed E-state index contributed by atoms with van der Waals surface area (Å²) in [4.78, 5) is 17.4. The number of carbonyl (C=O) groups excluding carboxylic acids is 1. The van der Waals surface area contributed by atoms with Gasteiger partial charge in [-0.25, -0.2) is 4.98 Å². The van der Waals surface area contributed by atoms with Gasteiger partial charge in [0.2, 0.25) is 0 Å². The molecular formula is C9H11BrN2O2S. The third kappa shape index (κ3) is 2.49. The Balaban J connectivity index is 1.81. The minimum Gasteiger partial charge on any atom is -0.469 e. The van der Waals surface area contributed by atoms with Gasteiger partial charge in [0, 0.05) is 19.0 Å². The maximum atomic E-state index is 11.0. The highest BCUT2D eigenvalue weighted by atomic mass is 79.9. The molecule has 1 saturated heterocycles. The first-order chi connectivity index (χ1) is 7.19. The number of hydrogen-bond acceptors (Lipinski definition) is 5. The Morgan fingerprint density at radius 2 is 2.53 bits per heavy atom. The zero-order chi connectivity index (χ0) is 10.8. The van der Waals surface area contributed by atoms with Crippen LogP contribution in [0, 0.1) is 5.92 Å². The van der Waals surface area contributed by atoms with Crippen molar-refractivity contribution in [3.05, 3.63) is 9.98 Å². The summed E-state index contributed by atoms with van der Waals surface area (Å²) < 4.78 is 5.66. The van der Waals surface area contributed by atoms with Crippen LogP contribution in [-0.4, -0.2) is 31.2 Å². The summed E-state index contributed by atoms with van der Waals surface area (Å²) in [6.07, 6.45) is 2.31. The minimum absolute atomic E-state index is 0.125. The number of nitrogens with zero attached hydrogens (tertiary/aromatic N) is 2. The SMILES string of the molecule is COC(=O)CC1CN(c2ncc(Br)s2)C1. The quantitative estimate of drug-likeness (QED) is 0.798. The van der Waals surface area contributed by atoms with Gasteiger partial charge in [-0.3, -0.25) is 4.79 Å². The zero-order valence-corrected chi connectivity index (χ0v) is 10.7. The molecule has 0 bridgehead atoms. The fourth-order valence-electron chi connectivity index (χ4n) is 1.57. The molecule has 0 N–H and O–H groups in total. The molecule has 1 aromatic rings. The first kappa shape index (κ1) is 10.9. The maximum absolute atomic E-state index is 11.0. The van der Waals surface area contributed by atoms with E-state index in [9.17, 15) is 4.79 Å². The number of rotatable bonds is 3. The Labute approximate surface area is 100 Å². The molecule has 1 aliphatic heterocycles. The number of thiazole rings is 1. The lowest BCUT2D eigenvalue weighted by Gasteiger charge is -2.38. The second kappa shape index (κ2) is 4.49. The average Bonchev–Trinajstić information content (AvgIpc) is 2.57. The van der Waals surface area contributed by atoms with Crippen LogP contribution in [0.15, 0.2) is 9.98 Å². The number of carbonyl (C=O) groups is 1. The van der Waals surface area contributed by atoms with Gasteiger partial charge >= 0.3 is 5.97 Å². The molecule has 0 aliphatic carbocycles. The number of anilines is 1. The van der Waals surface area contributed by atoms with E-state index in [0.29, 0.717) is 12.3 Å². The van der Waals surface area contributed by atoms with Crippen molar-refractivity contribution in [3.8, 4) is 0 Å². The Hall–Kier alpha value is -0.620. The van der Waals surface area contributed by atoms with Crippen LogP contribution in [0.4, 0.5) is 5.13 Å². The topological polar surface area (TPSA) is 42.4 Å². The summed E-state index contributed by atoms with van der Waals surface area (Å²) in [6, 6.07) is 0. The molecular weight excluding hydrogens is 280 g/mol. The van der Waals surface area contributed by atoms with Crippen molar-refractivity contribution in [2.24, 2.45) is 5.92 Å². The molecule has 2 rings (SSSR count). The molecule has 4 nitrogen and oxygen atoms in total. The first-order valence-corrected chi connectivity index (χ1v) is 6.23. The van der Waals surface area contributed by atoms with Gasteiger partial charge in [0.05, 0.1) is 23.5 Å². The molecule has 0 unspecified atom stereocenters. The Morgan fingerprint density at radius 3 is 3.07 bits per heavy atom. The summed E-state index contributed by atoms with van der Waals surface area (Å²) in [5.74, 6) is 0.292. The largest absolute Gasteiger partial charge is 0.469 e. The van der Waals surface area contributed by atoms with Gasteiger partial charge in [-0.15, -0.1) is 0 Å². The Bertz CT molecular complexity index is 363. The molecule has 2 heterocycles. The number of ether oxygens (including phenoxy) is 1. The van der Waals surface area contributed by atoms with Crippen molar-refractivity contribution in [1.82, 2.24) is 4.98 Å². The highest BCUT2D eigenvalue weighted by molar-refractivity contribution is 9.11. The molecule has 0 saturated carbocycles. The Morgan fingerprint density at radius 1 is 1.80 bits per heavy atom. The standard InChI is InChI=1S/C9H11BrN2O2S/c1-14-8(13)2-6-4-12(5-6)9-11-3-7(10)15-9/h3,6H,2,4-5H2,1H3. The van der Waals surface area contributed by atoms with Gasteiger partial charge in [0.25, 0.3) is 0 Å². The van der Waals surface area contributed by atoms with E-state index in [1.807, 2.05) is 0 Å². The third-order valence-electron chi connectivity index (χ3n) is 2.38. The lowest BCUT2D eigenvalue weighted by Crippen LogP contribution is -2.47. The molecule has 0 radical (unpaired) electrons. The summed E-state index contributed by atoms with van der Waals surface area (Å²) in [5.41, 5.74) is 0. The number of halogens is 1. The predicted octanol–water partition coefficient (Wildman–Crippen LogP) is 1.90. The molecule has 0 spiro atoms. The molecule has 1 fully saturated rings. The summed E-state index contributed by atoms with van der Waals surface area (Å²) in [7, 11) is 1.43. The Kier molecular flexibility index (Phi) is 3.25. The first-order valence-electron chi connectivity index (χ1n) is 4.62. The fraction of sp³-hybridized carbons (Fsp3) is 0.556.